The summed E-state index contributed by atoms with van der Waals surface area (Å²) in [4.78, 5) is 10.3. The summed E-state index contributed by atoms with van der Waals surface area (Å²) in [6, 6.07) is 9.56. The molecule has 2 heterocycles. The molecule has 1 aromatic carbocycles. The molecule has 0 amide bonds. The molecule has 0 spiro atoms. The van der Waals surface area contributed by atoms with Gasteiger partial charge in [0.2, 0.25) is 10.6 Å². The summed E-state index contributed by atoms with van der Waals surface area (Å²) in [5.74, 6) is 0.917. The third kappa shape index (κ3) is 2.69. The molecule has 0 fully saturated rings. The van der Waals surface area contributed by atoms with Crippen molar-refractivity contribution in [2.45, 2.75) is 0 Å². The van der Waals surface area contributed by atoms with E-state index in [1.54, 1.807) is 24.3 Å². The number of nitrogens with one attached hydrogen (secondary N) is 1. The number of aromatic amines is 1. The normalized spacial score (nSPS) is 11.1. The Morgan fingerprint density at radius 2 is 2.27 bits per heavy atom. The van der Waals surface area contributed by atoms with E-state index in [0.29, 0.717) is 17.1 Å². The monoisotopic (exact) mass is 315 g/mol. The molecular formula is C13H9N5O3S. The first-order valence-corrected chi connectivity index (χ1v) is 6.56. The number of non-ortho nitro benzene ring substituents is 1. The first-order valence-electron chi connectivity index (χ1n) is 6.15. The highest BCUT2D eigenvalue weighted by Crippen LogP contribution is 2.17. The molecule has 9 heteroatoms. The predicted octanol–water partition coefficient (Wildman–Crippen LogP) is 2.99. The molecule has 3 rings (SSSR count). The minimum atomic E-state index is -0.463. The summed E-state index contributed by atoms with van der Waals surface area (Å²) < 4.78 is 6.93. The van der Waals surface area contributed by atoms with Crippen molar-refractivity contribution in [1.29, 1.82) is 0 Å². The van der Waals surface area contributed by atoms with Crippen LogP contribution in [0.1, 0.15) is 5.56 Å². The maximum atomic E-state index is 10.8. The standard InChI is InChI=1S/C13H9N5O3S/c19-18(20)10-4-1-3-9(7-10)8-14-17-12(15-16-13(17)22)11-5-2-6-21-11/h1-8H,(H,16,22)/b14-8+. The van der Waals surface area contributed by atoms with Crippen molar-refractivity contribution in [3.8, 4) is 11.6 Å². The number of hydrogen-bond donors (Lipinski definition) is 1. The van der Waals surface area contributed by atoms with Crippen LogP contribution in [-0.4, -0.2) is 26.0 Å². The molecule has 110 valence electrons. The van der Waals surface area contributed by atoms with Crippen LogP contribution in [0.15, 0.2) is 52.2 Å². The lowest BCUT2D eigenvalue weighted by atomic mass is 10.2. The van der Waals surface area contributed by atoms with Gasteiger partial charge in [-0.15, -0.1) is 5.10 Å². The molecule has 0 aliphatic heterocycles. The summed E-state index contributed by atoms with van der Waals surface area (Å²) in [5, 5.41) is 21.6. The predicted molar refractivity (Wildman–Crippen MR) is 81.2 cm³/mol. The van der Waals surface area contributed by atoms with E-state index in [0.717, 1.165) is 0 Å². The van der Waals surface area contributed by atoms with Crippen LogP contribution in [0.3, 0.4) is 0 Å². The average molecular weight is 315 g/mol. The Bertz CT molecular complexity index is 895. The van der Waals surface area contributed by atoms with Gasteiger partial charge in [-0.1, -0.05) is 12.1 Å². The van der Waals surface area contributed by atoms with Gasteiger partial charge in [-0.25, -0.2) is 5.10 Å². The van der Waals surface area contributed by atoms with Gasteiger partial charge in [-0.3, -0.25) is 10.1 Å². The SMILES string of the molecule is O=[N+]([O-])c1cccc(/C=N/n2c(-c3ccco3)n[nH]c2=S)c1. The van der Waals surface area contributed by atoms with E-state index in [1.807, 2.05) is 0 Å². The lowest BCUT2D eigenvalue weighted by Crippen LogP contribution is -1.95. The summed E-state index contributed by atoms with van der Waals surface area (Å²) in [7, 11) is 0. The van der Waals surface area contributed by atoms with Gasteiger partial charge in [0.25, 0.3) is 5.69 Å². The van der Waals surface area contributed by atoms with E-state index in [1.165, 1.54) is 29.3 Å². The maximum absolute atomic E-state index is 10.8. The molecule has 0 saturated carbocycles. The Hall–Kier alpha value is -3.07. The lowest BCUT2D eigenvalue weighted by molar-refractivity contribution is -0.384. The van der Waals surface area contributed by atoms with Gasteiger partial charge < -0.3 is 4.42 Å². The highest BCUT2D eigenvalue weighted by molar-refractivity contribution is 7.71. The van der Waals surface area contributed by atoms with E-state index in [9.17, 15) is 10.1 Å². The van der Waals surface area contributed by atoms with Crippen molar-refractivity contribution < 1.29 is 9.34 Å². The number of nitrogens with zero attached hydrogens (tertiary/aromatic N) is 4. The molecule has 0 bridgehead atoms. The molecule has 0 aliphatic rings. The van der Waals surface area contributed by atoms with Crippen LogP contribution in [0, 0.1) is 14.9 Å². The molecule has 0 radical (unpaired) electrons. The zero-order valence-electron chi connectivity index (χ0n) is 11.0. The van der Waals surface area contributed by atoms with E-state index in [4.69, 9.17) is 16.6 Å². The Morgan fingerprint density at radius 1 is 1.41 bits per heavy atom. The van der Waals surface area contributed by atoms with Crippen molar-refractivity contribution in [3.63, 3.8) is 0 Å². The number of furan rings is 1. The molecule has 8 nitrogen and oxygen atoms in total. The van der Waals surface area contributed by atoms with E-state index < -0.39 is 4.92 Å². The van der Waals surface area contributed by atoms with E-state index >= 15 is 0 Å². The Labute approximate surface area is 128 Å². The van der Waals surface area contributed by atoms with Crippen molar-refractivity contribution in [2.75, 3.05) is 0 Å². The van der Waals surface area contributed by atoms with Crippen molar-refractivity contribution in [3.05, 3.63) is 63.1 Å². The van der Waals surface area contributed by atoms with Gasteiger partial charge in [0, 0.05) is 17.7 Å². The lowest BCUT2D eigenvalue weighted by Gasteiger charge is -1.97. The zero-order valence-corrected chi connectivity index (χ0v) is 11.9. The van der Waals surface area contributed by atoms with Crippen LogP contribution in [-0.2, 0) is 0 Å². The van der Waals surface area contributed by atoms with Crippen molar-refractivity contribution in [1.82, 2.24) is 14.9 Å². The van der Waals surface area contributed by atoms with Crippen molar-refractivity contribution >= 4 is 24.1 Å². The van der Waals surface area contributed by atoms with E-state index in [2.05, 4.69) is 15.3 Å². The largest absolute Gasteiger partial charge is 0.461 e. The summed E-state index contributed by atoms with van der Waals surface area (Å²) in [6.45, 7) is 0. The van der Waals surface area contributed by atoms with Gasteiger partial charge in [0.05, 0.1) is 17.4 Å². The van der Waals surface area contributed by atoms with Crippen LogP contribution in [0.4, 0.5) is 5.69 Å². The number of nitro benzene ring substituents is 1. The highest BCUT2D eigenvalue weighted by Gasteiger charge is 2.10. The molecule has 3 aromatic rings. The molecule has 0 unspecified atom stereocenters. The highest BCUT2D eigenvalue weighted by atomic mass is 32.1. The zero-order chi connectivity index (χ0) is 15.5. The fourth-order valence-electron chi connectivity index (χ4n) is 1.81. The Balaban J connectivity index is 1.97. The van der Waals surface area contributed by atoms with Crippen LogP contribution < -0.4 is 0 Å². The molecule has 1 N–H and O–H groups in total. The second-order valence-electron chi connectivity index (χ2n) is 4.24. The Kier molecular flexibility index (Phi) is 3.62. The minimum absolute atomic E-state index is 0.00833. The topological polar surface area (TPSA) is 102 Å². The third-order valence-electron chi connectivity index (χ3n) is 2.80. The molecule has 0 saturated heterocycles. The molecular weight excluding hydrogens is 306 g/mol. The first-order chi connectivity index (χ1) is 10.6. The van der Waals surface area contributed by atoms with Crippen molar-refractivity contribution in [2.24, 2.45) is 5.10 Å². The van der Waals surface area contributed by atoms with E-state index in [-0.39, 0.29) is 10.5 Å². The first kappa shape index (κ1) is 13.9. The smallest absolute Gasteiger partial charge is 0.270 e. The average Bonchev–Trinajstić information content (AvgIpc) is 3.15. The van der Waals surface area contributed by atoms with Crippen LogP contribution in [0.5, 0.6) is 0 Å². The second kappa shape index (κ2) is 5.74. The number of nitro groups is 1. The molecule has 0 atom stereocenters. The third-order valence-corrected chi connectivity index (χ3v) is 3.06. The molecule has 2 aromatic heterocycles. The van der Waals surface area contributed by atoms with Crippen LogP contribution >= 0.6 is 12.2 Å². The maximum Gasteiger partial charge on any atom is 0.270 e. The summed E-state index contributed by atoms with van der Waals surface area (Å²) in [5.41, 5.74) is 0.564. The summed E-state index contributed by atoms with van der Waals surface area (Å²) >= 11 is 5.11. The van der Waals surface area contributed by atoms with Gasteiger partial charge in [-0.2, -0.15) is 9.78 Å². The summed E-state index contributed by atoms with van der Waals surface area (Å²) in [6.07, 6.45) is 2.98. The number of rotatable bonds is 4. The van der Waals surface area contributed by atoms with Gasteiger partial charge >= 0.3 is 0 Å². The van der Waals surface area contributed by atoms with Gasteiger partial charge in [-0.05, 0) is 24.4 Å². The fraction of sp³-hybridized carbons (Fsp3) is 0. The van der Waals surface area contributed by atoms with Crippen LogP contribution in [0.25, 0.3) is 11.6 Å². The Morgan fingerprint density at radius 3 is 3.00 bits per heavy atom. The molecule has 22 heavy (non-hydrogen) atoms. The van der Waals surface area contributed by atoms with Crippen LogP contribution in [0.2, 0.25) is 0 Å². The van der Waals surface area contributed by atoms with Gasteiger partial charge in [0.1, 0.15) is 0 Å². The number of H-pyrrole nitrogens is 1. The number of hydrogen-bond acceptors (Lipinski definition) is 6. The number of aromatic nitrogens is 3. The number of benzene rings is 1. The second-order valence-corrected chi connectivity index (χ2v) is 4.62. The van der Waals surface area contributed by atoms with Gasteiger partial charge in [0.15, 0.2) is 5.76 Å². The fourth-order valence-corrected chi connectivity index (χ4v) is 1.99. The molecule has 0 aliphatic carbocycles. The quantitative estimate of drug-likeness (QED) is 0.345. The minimum Gasteiger partial charge on any atom is -0.461 e.